The van der Waals surface area contributed by atoms with Gasteiger partial charge in [0.2, 0.25) is 0 Å². The van der Waals surface area contributed by atoms with E-state index in [1.165, 1.54) is 5.56 Å². The van der Waals surface area contributed by atoms with Crippen LogP contribution in [0.4, 0.5) is 0 Å². The van der Waals surface area contributed by atoms with Crippen LogP contribution in [0.15, 0.2) is 53.2 Å². The van der Waals surface area contributed by atoms with Gasteiger partial charge in [0.25, 0.3) is 0 Å². The summed E-state index contributed by atoms with van der Waals surface area (Å²) in [6.45, 7) is 7.75. The highest BCUT2D eigenvalue weighted by atomic mass is 79.9. The molecule has 0 N–H and O–H groups in total. The zero-order valence-electron chi connectivity index (χ0n) is 15.4. The fourth-order valence-corrected chi connectivity index (χ4v) is 2.29. The molecule has 0 aliphatic heterocycles. The van der Waals surface area contributed by atoms with Gasteiger partial charge >= 0.3 is 0 Å². The van der Waals surface area contributed by atoms with Gasteiger partial charge in [-0.05, 0) is 50.6 Å². The summed E-state index contributed by atoms with van der Waals surface area (Å²) in [5.74, 6) is 0.985. The number of allylic oxidation sites excluding steroid dienone is 2. The number of aryl methyl sites for hydroxylation is 1. The molecule has 134 valence electrons. The lowest BCUT2D eigenvalue weighted by Gasteiger charge is -1.99. The Bertz CT molecular complexity index is 697. The van der Waals surface area contributed by atoms with Crippen LogP contribution in [0.2, 0.25) is 0 Å². The van der Waals surface area contributed by atoms with E-state index in [-0.39, 0.29) is 0 Å². The molecular weight excluding hydrogens is 376 g/mol. The summed E-state index contributed by atoms with van der Waals surface area (Å²) in [5, 5.41) is 0. The van der Waals surface area contributed by atoms with Gasteiger partial charge < -0.3 is 9.30 Å². The molecule has 0 saturated carbocycles. The normalized spacial score (nSPS) is 11.4. The van der Waals surface area contributed by atoms with Crippen molar-refractivity contribution in [1.82, 2.24) is 9.55 Å². The molecule has 0 atom stereocenters. The van der Waals surface area contributed by atoms with E-state index in [2.05, 4.69) is 62.9 Å². The first kappa shape index (κ1) is 21.1. The fraction of sp³-hybridized carbons (Fsp3) is 0.286. The van der Waals surface area contributed by atoms with Gasteiger partial charge in [-0.3, -0.25) is 0 Å². The maximum Gasteiger partial charge on any atom is 0.133 e. The van der Waals surface area contributed by atoms with Gasteiger partial charge in [0.05, 0.1) is 12.3 Å². The Labute approximate surface area is 159 Å². The Hall–Kier alpha value is -1.91. The number of aromatic nitrogens is 2. The Morgan fingerprint density at radius 3 is 2.32 bits per heavy atom. The Kier molecular flexibility index (Phi) is 10.5. The van der Waals surface area contributed by atoms with E-state index < -0.39 is 0 Å². The predicted octanol–water partition coefficient (Wildman–Crippen LogP) is 6.08. The van der Waals surface area contributed by atoms with Crippen LogP contribution in [-0.4, -0.2) is 23.3 Å². The van der Waals surface area contributed by atoms with Crippen molar-refractivity contribution >= 4 is 34.2 Å². The molecule has 2 rings (SSSR count). The van der Waals surface area contributed by atoms with Crippen molar-refractivity contribution in [2.75, 3.05) is 13.7 Å². The summed E-state index contributed by atoms with van der Waals surface area (Å²) in [5.41, 5.74) is 2.17. The first-order valence-electron chi connectivity index (χ1n) is 8.38. The van der Waals surface area contributed by atoms with Crippen LogP contribution in [0.25, 0.3) is 18.2 Å². The maximum absolute atomic E-state index is 4.70. The number of ether oxygens (including phenoxy) is 1. The minimum atomic E-state index is 0.733. The molecule has 1 heterocycles. The van der Waals surface area contributed by atoms with Gasteiger partial charge in [-0.15, -0.1) is 0 Å². The highest BCUT2D eigenvalue weighted by molar-refractivity contribution is 9.10. The molecule has 0 spiro atoms. The van der Waals surface area contributed by atoms with E-state index in [4.69, 9.17) is 4.74 Å². The number of rotatable bonds is 6. The Morgan fingerprint density at radius 2 is 1.80 bits per heavy atom. The van der Waals surface area contributed by atoms with Crippen LogP contribution < -0.4 is 0 Å². The van der Waals surface area contributed by atoms with E-state index in [1.807, 2.05) is 50.3 Å². The summed E-state index contributed by atoms with van der Waals surface area (Å²) in [6.07, 6.45) is 14.2. The first-order chi connectivity index (χ1) is 12.1. The van der Waals surface area contributed by atoms with Crippen LogP contribution in [0, 0.1) is 0 Å². The standard InChI is InChI=1S/C16H17BrN2.C5H10O/c1-3-5-15-12-19(4-2)16(18-15)11-8-13-6-9-14(17)10-7-13;1-3-4-5-6-2/h3,5-12H,4H2,1-2H3;3-4H,5H2,1-2H3/b5-3+,11-8+;4-3-. The van der Waals surface area contributed by atoms with Crippen molar-refractivity contribution in [3.8, 4) is 0 Å². The monoisotopic (exact) mass is 402 g/mol. The SMILES string of the molecule is C/C=C/c1cn(CC)c(/C=C/c2ccc(Br)cc2)n1.C/C=C\COC. The first-order valence-corrected chi connectivity index (χ1v) is 9.17. The van der Waals surface area contributed by atoms with Crippen LogP contribution >= 0.6 is 15.9 Å². The minimum absolute atomic E-state index is 0.733. The van der Waals surface area contributed by atoms with Crippen molar-refractivity contribution in [1.29, 1.82) is 0 Å². The summed E-state index contributed by atoms with van der Waals surface area (Å²) in [4.78, 5) is 4.58. The Morgan fingerprint density at radius 1 is 1.08 bits per heavy atom. The van der Waals surface area contributed by atoms with E-state index in [1.54, 1.807) is 7.11 Å². The van der Waals surface area contributed by atoms with Gasteiger partial charge in [0.15, 0.2) is 0 Å². The molecule has 0 unspecified atom stereocenters. The molecule has 1 aromatic heterocycles. The van der Waals surface area contributed by atoms with Gasteiger partial charge in [0, 0.05) is 24.3 Å². The van der Waals surface area contributed by atoms with Crippen LogP contribution in [-0.2, 0) is 11.3 Å². The smallest absolute Gasteiger partial charge is 0.133 e. The van der Waals surface area contributed by atoms with Crippen molar-refractivity contribution in [3.05, 3.63) is 70.2 Å². The van der Waals surface area contributed by atoms with Crippen LogP contribution in [0.3, 0.4) is 0 Å². The van der Waals surface area contributed by atoms with Crippen molar-refractivity contribution in [2.24, 2.45) is 0 Å². The minimum Gasteiger partial charge on any atom is -0.381 e. The van der Waals surface area contributed by atoms with Crippen LogP contribution in [0.5, 0.6) is 0 Å². The molecule has 0 fully saturated rings. The van der Waals surface area contributed by atoms with E-state index >= 15 is 0 Å². The lowest BCUT2D eigenvalue weighted by atomic mass is 10.2. The van der Waals surface area contributed by atoms with Crippen molar-refractivity contribution in [3.63, 3.8) is 0 Å². The highest BCUT2D eigenvalue weighted by Crippen LogP contribution is 2.14. The molecule has 0 radical (unpaired) electrons. The van der Waals surface area contributed by atoms with Gasteiger partial charge in [-0.25, -0.2) is 4.98 Å². The molecule has 1 aromatic carbocycles. The molecule has 4 heteroatoms. The Balaban J connectivity index is 0.000000450. The quantitative estimate of drug-likeness (QED) is 0.547. The molecule has 0 bridgehead atoms. The molecule has 0 aliphatic rings. The topological polar surface area (TPSA) is 27.1 Å². The zero-order chi connectivity index (χ0) is 18.5. The fourth-order valence-electron chi connectivity index (χ4n) is 2.03. The van der Waals surface area contributed by atoms with E-state index in [9.17, 15) is 0 Å². The molecule has 25 heavy (non-hydrogen) atoms. The molecule has 3 nitrogen and oxygen atoms in total. The number of methoxy groups -OCH3 is 1. The number of nitrogens with zero attached hydrogens (tertiary/aromatic N) is 2. The van der Waals surface area contributed by atoms with Gasteiger partial charge in [-0.2, -0.15) is 0 Å². The van der Waals surface area contributed by atoms with Crippen LogP contribution in [0.1, 0.15) is 37.9 Å². The summed E-state index contributed by atoms with van der Waals surface area (Å²) in [6, 6.07) is 8.23. The molecule has 0 saturated heterocycles. The molecule has 2 aromatic rings. The highest BCUT2D eigenvalue weighted by Gasteiger charge is 2.01. The molecule has 0 amide bonds. The second-order valence-electron chi connectivity index (χ2n) is 5.22. The summed E-state index contributed by atoms with van der Waals surface area (Å²) in [7, 11) is 1.68. The molecular formula is C21H27BrN2O. The van der Waals surface area contributed by atoms with E-state index in [0.29, 0.717) is 0 Å². The average molecular weight is 403 g/mol. The number of hydrogen-bond acceptors (Lipinski definition) is 2. The summed E-state index contributed by atoms with van der Waals surface area (Å²) >= 11 is 3.44. The third-order valence-electron chi connectivity index (χ3n) is 3.30. The second-order valence-corrected chi connectivity index (χ2v) is 6.13. The average Bonchev–Trinajstić information content (AvgIpc) is 3.02. The lowest BCUT2D eigenvalue weighted by Crippen LogP contribution is -1.94. The van der Waals surface area contributed by atoms with Gasteiger partial charge in [-0.1, -0.05) is 52.4 Å². The number of benzene rings is 1. The molecule has 0 aliphatic carbocycles. The van der Waals surface area contributed by atoms with Crippen molar-refractivity contribution < 1.29 is 4.74 Å². The third kappa shape index (κ3) is 8.14. The lowest BCUT2D eigenvalue weighted by molar-refractivity contribution is 0.234. The van der Waals surface area contributed by atoms with Crippen molar-refractivity contribution in [2.45, 2.75) is 27.3 Å². The van der Waals surface area contributed by atoms with E-state index in [0.717, 1.165) is 29.1 Å². The maximum atomic E-state index is 4.70. The number of halogens is 1. The zero-order valence-corrected chi connectivity index (χ0v) is 17.0. The predicted molar refractivity (Wildman–Crippen MR) is 112 cm³/mol. The number of imidazole rings is 1. The second kappa shape index (κ2) is 12.5. The third-order valence-corrected chi connectivity index (χ3v) is 3.83. The largest absolute Gasteiger partial charge is 0.381 e. The number of hydrogen-bond donors (Lipinski definition) is 0. The summed E-state index contributed by atoms with van der Waals surface area (Å²) < 4.78 is 7.93. The van der Waals surface area contributed by atoms with Gasteiger partial charge in [0.1, 0.15) is 5.82 Å².